The summed E-state index contributed by atoms with van der Waals surface area (Å²) in [5.74, 6) is -2.08. The average molecular weight is 313 g/mol. The van der Waals surface area contributed by atoms with Gasteiger partial charge < -0.3 is 9.52 Å². The number of carbonyl (C=O) groups is 1. The van der Waals surface area contributed by atoms with Crippen molar-refractivity contribution in [1.82, 2.24) is 0 Å². The van der Waals surface area contributed by atoms with E-state index in [1.165, 1.54) is 19.1 Å². The minimum absolute atomic E-state index is 0.136. The molecule has 0 fully saturated rings. The van der Waals surface area contributed by atoms with Gasteiger partial charge >= 0.3 is 5.63 Å². The molecule has 1 aromatic heterocycles. The van der Waals surface area contributed by atoms with Crippen molar-refractivity contribution in [3.05, 3.63) is 76.0 Å². The molecule has 0 aliphatic rings. The number of rotatable bonds is 4. The van der Waals surface area contributed by atoms with Gasteiger partial charge in [-0.2, -0.15) is 0 Å². The van der Waals surface area contributed by atoms with Gasteiger partial charge in [-0.3, -0.25) is 4.79 Å². The average Bonchev–Trinajstić information content (AvgIpc) is 2.64. The molecule has 4 nitrogen and oxygen atoms in total. The van der Waals surface area contributed by atoms with E-state index in [1.807, 2.05) is 0 Å². The maximum absolute atomic E-state index is 12.6. The summed E-state index contributed by atoms with van der Waals surface area (Å²) >= 11 is 0. The van der Waals surface area contributed by atoms with Gasteiger partial charge in [-0.15, -0.1) is 0 Å². The number of benzene rings is 2. The summed E-state index contributed by atoms with van der Waals surface area (Å²) in [6.45, 7) is 1.25. The maximum atomic E-state index is 12.6. The smallest absolute Gasteiger partial charge is 0.343 e. The zero-order valence-electron chi connectivity index (χ0n) is 17.3. The monoisotopic (exact) mass is 313 g/mol. The van der Waals surface area contributed by atoms with Gasteiger partial charge in [0.15, 0.2) is 0 Å². The Morgan fingerprint density at radius 2 is 1.96 bits per heavy atom. The number of hydrogen-bond donors (Lipinski definition) is 1. The van der Waals surface area contributed by atoms with Gasteiger partial charge in [0, 0.05) is 12.3 Å². The van der Waals surface area contributed by atoms with E-state index in [9.17, 15) is 14.7 Å². The Balaban J connectivity index is 2.41. The SMILES string of the molecule is [2H]c1c([2H])c([2H])c(C(CC(C)=O)c2c(O)c3ccccc3oc2=O)c([2H])c1[2H]. The van der Waals surface area contributed by atoms with E-state index in [1.54, 1.807) is 12.1 Å². The molecule has 0 radical (unpaired) electrons. The van der Waals surface area contributed by atoms with E-state index >= 15 is 0 Å². The van der Waals surface area contributed by atoms with Gasteiger partial charge in [0.1, 0.15) is 17.1 Å². The van der Waals surface area contributed by atoms with Crippen LogP contribution in [0.4, 0.5) is 0 Å². The molecule has 1 atom stereocenters. The van der Waals surface area contributed by atoms with Gasteiger partial charge in [-0.05, 0) is 24.6 Å². The second-order valence-corrected chi connectivity index (χ2v) is 5.15. The number of para-hydroxylation sites is 1. The van der Waals surface area contributed by atoms with Crippen molar-refractivity contribution in [3.8, 4) is 5.75 Å². The summed E-state index contributed by atoms with van der Waals surface area (Å²) in [5, 5.41) is 10.9. The van der Waals surface area contributed by atoms with E-state index in [2.05, 4.69) is 0 Å². The third kappa shape index (κ3) is 2.88. The van der Waals surface area contributed by atoms with Gasteiger partial charge in [0.25, 0.3) is 0 Å². The zero-order valence-corrected chi connectivity index (χ0v) is 12.3. The number of fused-ring (bicyclic) bond motifs is 1. The summed E-state index contributed by atoms with van der Waals surface area (Å²) in [5.41, 5.74) is -1.35. The van der Waals surface area contributed by atoms with Crippen LogP contribution in [0, 0.1) is 0 Å². The zero-order chi connectivity index (χ0) is 20.7. The summed E-state index contributed by atoms with van der Waals surface area (Å²) in [6, 6.07) is 3.41. The predicted molar refractivity (Wildman–Crippen MR) is 87.7 cm³/mol. The Labute approximate surface area is 140 Å². The molecule has 1 unspecified atom stereocenters. The van der Waals surface area contributed by atoms with Crippen molar-refractivity contribution < 1.29 is 21.2 Å². The summed E-state index contributed by atoms with van der Waals surface area (Å²) < 4.78 is 45.0. The molecule has 1 heterocycles. The first-order valence-electron chi connectivity index (χ1n) is 9.46. The first kappa shape index (κ1) is 10.0. The molecule has 116 valence electrons. The predicted octanol–water partition coefficient (Wildman–Crippen LogP) is 3.61. The van der Waals surface area contributed by atoms with Crippen LogP contribution < -0.4 is 5.63 Å². The Morgan fingerprint density at radius 3 is 2.65 bits per heavy atom. The summed E-state index contributed by atoms with van der Waals surface area (Å²) in [7, 11) is 0. The molecule has 0 aliphatic carbocycles. The Morgan fingerprint density at radius 1 is 1.26 bits per heavy atom. The van der Waals surface area contributed by atoms with Gasteiger partial charge in [0.2, 0.25) is 0 Å². The Bertz CT molecular complexity index is 1140. The Kier molecular flexibility index (Phi) is 2.65. The molecule has 0 aliphatic heterocycles. The van der Waals surface area contributed by atoms with Crippen LogP contribution in [0.25, 0.3) is 11.0 Å². The van der Waals surface area contributed by atoms with Crippen molar-refractivity contribution in [2.45, 2.75) is 19.3 Å². The number of Topliss-reactive ketones (excluding diaryl/α,β-unsaturated/α-hetero) is 1. The van der Waals surface area contributed by atoms with Crippen molar-refractivity contribution in [3.63, 3.8) is 0 Å². The molecule has 0 saturated heterocycles. The van der Waals surface area contributed by atoms with Crippen LogP contribution in [-0.4, -0.2) is 10.9 Å². The highest BCUT2D eigenvalue weighted by Gasteiger charge is 2.25. The van der Waals surface area contributed by atoms with Crippen molar-refractivity contribution in [2.24, 2.45) is 0 Å². The van der Waals surface area contributed by atoms with Crippen LogP contribution in [-0.2, 0) is 4.79 Å². The number of hydrogen-bond acceptors (Lipinski definition) is 4. The second-order valence-electron chi connectivity index (χ2n) is 5.15. The van der Waals surface area contributed by atoms with Crippen LogP contribution >= 0.6 is 0 Å². The molecule has 0 bridgehead atoms. The third-order valence-electron chi connectivity index (χ3n) is 3.53. The number of aromatic hydroxyl groups is 1. The molecular weight excluding hydrogens is 292 g/mol. The highest BCUT2D eigenvalue weighted by molar-refractivity contribution is 5.85. The normalized spacial score (nSPS) is 15.3. The van der Waals surface area contributed by atoms with E-state index in [0.717, 1.165) is 0 Å². The summed E-state index contributed by atoms with van der Waals surface area (Å²) in [4.78, 5) is 24.5. The molecule has 3 rings (SSSR count). The van der Waals surface area contributed by atoms with E-state index in [4.69, 9.17) is 11.3 Å². The standard InChI is InChI=1S/C19H16O4/c1-12(20)11-15(13-7-3-2-4-8-13)17-18(21)14-9-5-6-10-16(14)23-19(17)22/h2-10,15,21H,11H2,1H3/i2D,3D,4D,7D,8D. The highest BCUT2D eigenvalue weighted by atomic mass is 16.4. The fraction of sp³-hybridized carbons (Fsp3) is 0.158. The fourth-order valence-corrected chi connectivity index (χ4v) is 2.52. The largest absolute Gasteiger partial charge is 0.507 e. The van der Waals surface area contributed by atoms with Crippen molar-refractivity contribution in [2.75, 3.05) is 0 Å². The molecule has 0 amide bonds. The van der Waals surface area contributed by atoms with E-state index in [0.29, 0.717) is 0 Å². The molecule has 1 N–H and O–H groups in total. The van der Waals surface area contributed by atoms with Crippen LogP contribution in [0.1, 0.15) is 37.2 Å². The lowest BCUT2D eigenvalue weighted by atomic mass is 9.87. The molecular formula is C19H16O4. The second kappa shape index (κ2) is 6.08. The molecule has 2 aromatic carbocycles. The lowest BCUT2D eigenvalue weighted by Gasteiger charge is -2.17. The lowest BCUT2D eigenvalue weighted by molar-refractivity contribution is -0.117. The van der Waals surface area contributed by atoms with Crippen LogP contribution in [0.3, 0.4) is 0 Å². The van der Waals surface area contributed by atoms with Crippen molar-refractivity contribution >= 4 is 16.8 Å². The third-order valence-corrected chi connectivity index (χ3v) is 3.53. The first-order chi connectivity index (χ1) is 13.1. The topological polar surface area (TPSA) is 67.5 Å². The molecule has 4 heteroatoms. The lowest BCUT2D eigenvalue weighted by Crippen LogP contribution is -2.16. The van der Waals surface area contributed by atoms with Crippen LogP contribution in [0.15, 0.2) is 63.7 Å². The Hall–Kier alpha value is -2.88. The van der Waals surface area contributed by atoms with Crippen molar-refractivity contribution in [1.29, 1.82) is 0 Å². The molecule has 0 spiro atoms. The number of ketones is 1. The summed E-state index contributed by atoms with van der Waals surface area (Å²) in [6.07, 6.45) is -0.343. The quantitative estimate of drug-likeness (QED) is 0.747. The van der Waals surface area contributed by atoms with Crippen LogP contribution in [0.2, 0.25) is 0 Å². The molecule has 23 heavy (non-hydrogen) atoms. The molecule has 3 aromatic rings. The van der Waals surface area contributed by atoms with Gasteiger partial charge in [-0.25, -0.2) is 4.79 Å². The minimum atomic E-state index is -1.26. The van der Waals surface area contributed by atoms with E-state index in [-0.39, 0.29) is 34.3 Å². The highest BCUT2D eigenvalue weighted by Crippen LogP contribution is 2.35. The van der Waals surface area contributed by atoms with E-state index < -0.39 is 47.5 Å². The maximum Gasteiger partial charge on any atom is 0.343 e. The molecule has 0 saturated carbocycles. The fourth-order valence-electron chi connectivity index (χ4n) is 2.52. The van der Waals surface area contributed by atoms with Gasteiger partial charge in [-0.1, -0.05) is 42.3 Å². The van der Waals surface area contributed by atoms with Gasteiger partial charge in [0.05, 0.1) is 17.8 Å². The minimum Gasteiger partial charge on any atom is -0.507 e. The first-order valence-corrected chi connectivity index (χ1v) is 6.96. The number of carbonyl (C=O) groups excluding carboxylic acids is 1. The van der Waals surface area contributed by atoms with Crippen LogP contribution in [0.5, 0.6) is 5.75 Å².